The maximum atomic E-state index is 11.6. The number of hydrogen-bond acceptors (Lipinski definition) is 2. The third-order valence-corrected chi connectivity index (χ3v) is 2.83. The summed E-state index contributed by atoms with van der Waals surface area (Å²) in [4.78, 5) is 11.6. The number of amides is 1. The molecule has 0 bridgehead atoms. The van der Waals surface area contributed by atoms with E-state index in [1.807, 2.05) is 66.4 Å². The van der Waals surface area contributed by atoms with E-state index in [1.165, 1.54) is 0 Å². The quantitative estimate of drug-likeness (QED) is 0.656. The molecule has 0 radical (unpaired) electrons. The molecule has 0 atom stereocenters. The third-order valence-electron chi connectivity index (χ3n) is 2.83. The molecule has 4 heteroatoms. The molecule has 4 nitrogen and oxygen atoms in total. The smallest absolute Gasteiger partial charge is 0.245 e. The van der Waals surface area contributed by atoms with Gasteiger partial charge in [-0.25, -0.2) is 5.43 Å². The molecule has 0 fully saturated rings. The number of nitrogens with zero attached hydrogens (tertiary/aromatic N) is 2. The molecular formula is C16H17N3O. The second kappa shape index (κ2) is 7.09. The number of aromatic nitrogens is 1. The van der Waals surface area contributed by atoms with Crippen LogP contribution < -0.4 is 5.43 Å². The number of benzene rings is 1. The molecule has 1 aromatic heterocycles. The minimum absolute atomic E-state index is 0.129. The first-order chi connectivity index (χ1) is 9.75. The molecule has 1 amide bonds. The van der Waals surface area contributed by atoms with Crippen LogP contribution in [0.2, 0.25) is 0 Å². The van der Waals surface area contributed by atoms with Gasteiger partial charge in [0, 0.05) is 25.2 Å². The van der Waals surface area contributed by atoms with Crippen LogP contribution in [0.25, 0.3) is 6.08 Å². The highest BCUT2D eigenvalue weighted by molar-refractivity contribution is 5.82. The molecule has 0 unspecified atom stereocenters. The van der Waals surface area contributed by atoms with Crippen LogP contribution in [0.5, 0.6) is 0 Å². The Morgan fingerprint density at radius 2 is 2.05 bits per heavy atom. The number of aryl methyl sites for hydroxylation is 1. The van der Waals surface area contributed by atoms with Gasteiger partial charge in [-0.2, -0.15) is 5.10 Å². The highest BCUT2D eigenvalue weighted by Gasteiger charge is 2.03. The largest absolute Gasteiger partial charge is 0.354 e. The Labute approximate surface area is 118 Å². The molecule has 0 saturated carbocycles. The molecule has 1 N–H and O–H groups in total. The second-order valence-corrected chi connectivity index (χ2v) is 4.37. The molecule has 1 aromatic carbocycles. The van der Waals surface area contributed by atoms with Crippen molar-refractivity contribution in [3.8, 4) is 0 Å². The van der Waals surface area contributed by atoms with E-state index in [1.54, 1.807) is 12.3 Å². The molecular weight excluding hydrogens is 250 g/mol. The average Bonchev–Trinajstić information content (AvgIpc) is 2.85. The number of allylic oxidation sites excluding steroid dienone is 1. The molecule has 0 aliphatic rings. The van der Waals surface area contributed by atoms with E-state index in [0.29, 0.717) is 6.42 Å². The van der Waals surface area contributed by atoms with Crippen LogP contribution in [-0.4, -0.2) is 16.7 Å². The summed E-state index contributed by atoms with van der Waals surface area (Å²) in [6, 6.07) is 13.7. The van der Waals surface area contributed by atoms with Gasteiger partial charge in [0.25, 0.3) is 0 Å². The summed E-state index contributed by atoms with van der Waals surface area (Å²) in [5.41, 5.74) is 4.55. The van der Waals surface area contributed by atoms with Gasteiger partial charge in [0.05, 0.1) is 6.42 Å². The minimum atomic E-state index is -0.129. The van der Waals surface area contributed by atoms with Crippen molar-refractivity contribution >= 4 is 18.2 Å². The average molecular weight is 267 g/mol. The molecule has 0 spiro atoms. The fourth-order valence-corrected chi connectivity index (χ4v) is 1.75. The Kier molecular flexibility index (Phi) is 4.89. The van der Waals surface area contributed by atoms with E-state index in [2.05, 4.69) is 10.5 Å². The van der Waals surface area contributed by atoms with Gasteiger partial charge in [0.2, 0.25) is 5.91 Å². The number of carbonyl (C=O) groups excluding carboxylic acids is 1. The van der Waals surface area contributed by atoms with Crippen LogP contribution in [0.4, 0.5) is 0 Å². The maximum absolute atomic E-state index is 11.6. The van der Waals surface area contributed by atoms with Crippen LogP contribution in [0.1, 0.15) is 11.3 Å². The highest BCUT2D eigenvalue weighted by Crippen LogP contribution is 2.00. The van der Waals surface area contributed by atoms with Crippen LogP contribution in [0, 0.1) is 0 Å². The number of nitrogens with one attached hydrogen (secondary N) is 1. The summed E-state index contributed by atoms with van der Waals surface area (Å²) in [7, 11) is 1.91. The van der Waals surface area contributed by atoms with Gasteiger partial charge in [0.1, 0.15) is 0 Å². The van der Waals surface area contributed by atoms with Crippen molar-refractivity contribution in [1.29, 1.82) is 0 Å². The Balaban J connectivity index is 1.77. The highest BCUT2D eigenvalue weighted by atomic mass is 16.2. The number of hydrazone groups is 1. The summed E-state index contributed by atoms with van der Waals surface area (Å²) in [5, 5.41) is 3.88. The molecule has 2 aromatic rings. The Morgan fingerprint density at radius 1 is 1.25 bits per heavy atom. The number of hydrogen-bond donors (Lipinski definition) is 1. The normalized spacial score (nSPS) is 11.2. The molecule has 0 aliphatic heterocycles. The SMILES string of the molecule is Cn1cccc1CC(=O)N/N=C/C=C/c1ccccc1. The number of carbonyl (C=O) groups is 1. The zero-order valence-corrected chi connectivity index (χ0v) is 11.4. The Hall–Kier alpha value is -2.62. The van der Waals surface area contributed by atoms with Crippen molar-refractivity contribution in [3.05, 3.63) is 66.0 Å². The van der Waals surface area contributed by atoms with Crippen LogP contribution in [-0.2, 0) is 18.3 Å². The summed E-state index contributed by atoms with van der Waals surface area (Å²) < 4.78 is 1.92. The van der Waals surface area contributed by atoms with Crippen molar-refractivity contribution in [2.24, 2.45) is 12.1 Å². The van der Waals surface area contributed by atoms with Gasteiger partial charge in [-0.3, -0.25) is 4.79 Å². The summed E-state index contributed by atoms with van der Waals surface area (Å²) in [5.74, 6) is -0.129. The van der Waals surface area contributed by atoms with E-state index in [4.69, 9.17) is 0 Å². The van der Waals surface area contributed by atoms with Crippen molar-refractivity contribution < 1.29 is 4.79 Å². The monoisotopic (exact) mass is 267 g/mol. The fraction of sp³-hybridized carbons (Fsp3) is 0.125. The molecule has 2 rings (SSSR count). The van der Waals surface area contributed by atoms with Gasteiger partial charge < -0.3 is 4.57 Å². The van der Waals surface area contributed by atoms with Crippen LogP contribution in [0.15, 0.2) is 59.8 Å². The third kappa shape index (κ3) is 4.24. The first kappa shape index (κ1) is 13.8. The van der Waals surface area contributed by atoms with Crippen molar-refractivity contribution in [3.63, 3.8) is 0 Å². The number of rotatable bonds is 5. The van der Waals surface area contributed by atoms with Gasteiger partial charge >= 0.3 is 0 Å². The van der Waals surface area contributed by atoms with E-state index in [9.17, 15) is 4.79 Å². The standard InChI is InChI=1S/C16H17N3O/c1-19-12-6-10-15(19)13-16(20)18-17-11-5-9-14-7-3-2-4-8-14/h2-12H,13H2,1H3,(H,18,20)/b9-5+,17-11+. The van der Waals surface area contributed by atoms with E-state index in [0.717, 1.165) is 11.3 Å². The second-order valence-electron chi connectivity index (χ2n) is 4.37. The fourth-order valence-electron chi connectivity index (χ4n) is 1.75. The maximum Gasteiger partial charge on any atom is 0.245 e. The molecule has 20 heavy (non-hydrogen) atoms. The first-order valence-electron chi connectivity index (χ1n) is 6.39. The minimum Gasteiger partial charge on any atom is -0.354 e. The molecule has 0 aliphatic carbocycles. The van der Waals surface area contributed by atoms with E-state index < -0.39 is 0 Å². The summed E-state index contributed by atoms with van der Waals surface area (Å²) in [6.45, 7) is 0. The van der Waals surface area contributed by atoms with Crippen molar-refractivity contribution in [1.82, 2.24) is 9.99 Å². The lowest BCUT2D eigenvalue weighted by atomic mass is 10.2. The van der Waals surface area contributed by atoms with Crippen LogP contribution in [0.3, 0.4) is 0 Å². The van der Waals surface area contributed by atoms with Crippen molar-refractivity contribution in [2.75, 3.05) is 0 Å². The predicted molar refractivity (Wildman–Crippen MR) is 81.2 cm³/mol. The van der Waals surface area contributed by atoms with Gasteiger partial charge in [-0.1, -0.05) is 36.4 Å². The zero-order chi connectivity index (χ0) is 14.2. The molecule has 102 valence electrons. The van der Waals surface area contributed by atoms with Gasteiger partial charge in [-0.05, 0) is 23.8 Å². The van der Waals surface area contributed by atoms with Crippen molar-refractivity contribution in [2.45, 2.75) is 6.42 Å². The topological polar surface area (TPSA) is 46.4 Å². The van der Waals surface area contributed by atoms with Crippen LogP contribution >= 0.6 is 0 Å². The van der Waals surface area contributed by atoms with Gasteiger partial charge in [-0.15, -0.1) is 0 Å². The molecule has 0 saturated heterocycles. The van der Waals surface area contributed by atoms with E-state index in [-0.39, 0.29) is 5.91 Å². The molecule has 1 heterocycles. The lowest BCUT2D eigenvalue weighted by Crippen LogP contribution is -2.20. The predicted octanol–water partition coefficient (Wildman–Crippen LogP) is 2.38. The lowest BCUT2D eigenvalue weighted by Gasteiger charge is -2.01. The Morgan fingerprint density at radius 3 is 2.75 bits per heavy atom. The zero-order valence-electron chi connectivity index (χ0n) is 11.4. The Bertz CT molecular complexity index is 612. The summed E-state index contributed by atoms with van der Waals surface area (Å²) in [6.07, 6.45) is 7.51. The van der Waals surface area contributed by atoms with Gasteiger partial charge in [0.15, 0.2) is 0 Å². The lowest BCUT2D eigenvalue weighted by molar-refractivity contribution is -0.120. The summed E-state index contributed by atoms with van der Waals surface area (Å²) >= 11 is 0. The van der Waals surface area contributed by atoms with E-state index >= 15 is 0 Å². The first-order valence-corrected chi connectivity index (χ1v) is 6.39.